The fourth-order valence-corrected chi connectivity index (χ4v) is 4.31. The standard InChI is InChI=1S/C16H29NO2/c1-13-7-8-16(12-15(18)19,14(2)11-13)17-9-5-3-4-6-10-17/h13-14H,3-12H2,1-2H3,(H,18,19). The SMILES string of the molecule is CC1CCC(CC(=O)O)(N2CCCCCC2)C(C)C1. The highest BCUT2D eigenvalue weighted by Crippen LogP contribution is 2.43. The van der Waals surface area contributed by atoms with Crippen LogP contribution in [-0.2, 0) is 4.79 Å². The molecule has 1 saturated carbocycles. The molecule has 2 aliphatic rings. The Kier molecular flexibility index (Phi) is 4.88. The average molecular weight is 267 g/mol. The van der Waals surface area contributed by atoms with E-state index in [1.165, 1.54) is 38.5 Å². The third-order valence-electron chi connectivity index (χ3n) is 5.44. The summed E-state index contributed by atoms with van der Waals surface area (Å²) in [6.45, 7) is 6.80. The van der Waals surface area contributed by atoms with Crippen LogP contribution in [0.3, 0.4) is 0 Å². The van der Waals surface area contributed by atoms with Crippen LogP contribution in [0.2, 0.25) is 0 Å². The largest absolute Gasteiger partial charge is 0.481 e. The van der Waals surface area contributed by atoms with Crippen LogP contribution in [0.4, 0.5) is 0 Å². The number of rotatable bonds is 3. The highest BCUT2D eigenvalue weighted by Gasteiger charge is 2.45. The fraction of sp³-hybridized carbons (Fsp3) is 0.938. The van der Waals surface area contributed by atoms with Gasteiger partial charge in [-0.05, 0) is 57.0 Å². The van der Waals surface area contributed by atoms with E-state index in [-0.39, 0.29) is 5.54 Å². The van der Waals surface area contributed by atoms with Crippen LogP contribution in [0.5, 0.6) is 0 Å². The molecule has 1 saturated heterocycles. The van der Waals surface area contributed by atoms with Crippen LogP contribution >= 0.6 is 0 Å². The zero-order valence-corrected chi connectivity index (χ0v) is 12.5. The lowest BCUT2D eigenvalue weighted by molar-refractivity contribution is -0.143. The maximum Gasteiger partial charge on any atom is 0.305 e. The van der Waals surface area contributed by atoms with E-state index in [9.17, 15) is 9.90 Å². The second kappa shape index (κ2) is 6.25. The smallest absolute Gasteiger partial charge is 0.305 e. The van der Waals surface area contributed by atoms with Gasteiger partial charge < -0.3 is 5.11 Å². The molecule has 0 bridgehead atoms. The molecule has 19 heavy (non-hydrogen) atoms. The first-order chi connectivity index (χ1) is 9.04. The van der Waals surface area contributed by atoms with Crippen molar-refractivity contribution in [2.45, 2.75) is 70.8 Å². The summed E-state index contributed by atoms with van der Waals surface area (Å²) >= 11 is 0. The van der Waals surface area contributed by atoms with Crippen LogP contribution in [0, 0.1) is 11.8 Å². The van der Waals surface area contributed by atoms with E-state index in [1.807, 2.05) is 0 Å². The molecule has 110 valence electrons. The molecule has 1 aliphatic carbocycles. The number of aliphatic carboxylic acids is 1. The zero-order chi connectivity index (χ0) is 13.9. The maximum absolute atomic E-state index is 11.4. The first-order valence-electron chi connectivity index (χ1n) is 8.01. The third kappa shape index (κ3) is 3.31. The van der Waals surface area contributed by atoms with E-state index >= 15 is 0 Å². The molecular weight excluding hydrogens is 238 g/mol. The van der Waals surface area contributed by atoms with Crippen LogP contribution in [-0.4, -0.2) is 34.6 Å². The minimum atomic E-state index is -0.620. The first kappa shape index (κ1) is 14.8. The molecule has 0 amide bonds. The Labute approximate surface area is 117 Å². The van der Waals surface area contributed by atoms with Crippen molar-refractivity contribution in [3.63, 3.8) is 0 Å². The Bertz CT molecular complexity index is 310. The Hall–Kier alpha value is -0.570. The quantitative estimate of drug-likeness (QED) is 0.850. The normalized spacial score (nSPS) is 37.8. The average Bonchev–Trinajstić information content (AvgIpc) is 2.61. The molecule has 3 nitrogen and oxygen atoms in total. The van der Waals surface area contributed by atoms with Gasteiger partial charge >= 0.3 is 5.97 Å². The monoisotopic (exact) mass is 267 g/mol. The van der Waals surface area contributed by atoms with Gasteiger partial charge in [-0.1, -0.05) is 26.7 Å². The molecule has 0 spiro atoms. The molecule has 0 radical (unpaired) electrons. The van der Waals surface area contributed by atoms with E-state index < -0.39 is 5.97 Å². The van der Waals surface area contributed by atoms with Gasteiger partial charge in [0.05, 0.1) is 6.42 Å². The predicted octanol–water partition coefficient (Wildman–Crippen LogP) is 3.53. The van der Waals surface area contributed by atoms with E-state index in [0.29, 0.717) is 12.3 Å². The van der Waals surface area contributed by atoms with Gasteiger partial charge in [-0.25, -0.2) is 0 Å². The minimum Gasteiger partial charge on any atom is -0.481 e. The molecule has 3 unspecified atom stereocenters. The summed E-state index contributed by atoms with van der Waals surface area (Å²) in [6.07, 6.45) is 8.88. The summed E-state index contributed by atoms with van der Waals surface area (Å²) < 4.78 is 0. The van der Waals surface area contributed by atoms with Crippen LogP contribution < -0.4 is 0 Å². The summed E-state index contributed by atoms with van der Waals surface area (Å²) in [6, 6.07) is 0. The van der Waals surface area contributed by atoms with E-state index in [2.05, 4.69) is 18.7 Å². The number of likely N-dealkylation sites (tertiary alicyclic amines) is 1. The van der Waals surface area contributed by atoms with Crippen LogP contribution in [0.25, 0.3) is 0 Å². The summed E-state index contributed by atoms with van der Waals surface area (Å²) in [5.74, 6) is 0.639. The molecule has 0 aromatic rings. The molecule has 2 fully saturated rings. The Balaban J connectivity index is 2.19. The number of hydrogen-bond donors (Lipinski definition) is 1. The van der Waals surface area contributed by atoms with Crippen LogP contribution in [0.1, 0.15) is 65.2 Å². The molecule has 1 heterocycles. The molecule has 3 heteroatoms. The molecule has 3 atom stereocenters. The Morgan fingerprint density at radius 3 is 2.37 bits per heavy atom. The van der Waals surface area contributed by atoms with Crippen LogP contribution in [0.15, 0.2) is 0 Å². The van der Waals surface area contributed by atoms with Crippen molar-refractivity contribution < 1.29 is 9.90 Å². The maximum atomic E-state index is 11.4. The lowest BCUT2D eigenvalue weighted by Crippen LogP contribution is -2.57. The minimum absolute atomic E-state index is 0.0668. The molecule has 0 aromatic carbocycles. The molecule has 1 N–H and O–H groups in total. The van der Waals surface area contributed by atoms with Gasteiger partial charge in [0.25, 0.3) is 0 Å². The Morgan fingerprint density at radius 2 is 1.84 bits per heavy atom. The number of carboxylic acid groups (broad SMARTS) is 1. The van der Waals surface area contributed by atoms with Gasteiger partial charge in [0.15, 0.2) is 0 Å². The summed E-state index contributed by atoms with van der Waals surface area (Å²) in [5, 5.41) is 9.39. The number of carbonyl (C=O) groups is 1. The number of hydrogen-bond acceptors (Lipinski definition) is 2. The lowest BCUT2D eigenvalue weighted by atomic mass is 9.67. The van der Waals surface area contributed by atoms with Crippen molar-refractivity contribution >= 4 is 5.97 Å². The van der Waals surface area contributed by atoms with Gasteiger partial charge in [-0.2, -0.15) is 0 Å². The predicted molar refractivity (Wildman–Crippen MR) is 77.2 cm³/mol. The number of carboxylic acids is 1. The van der Waals surface area contributed by atoms with Gasteiger partial charge in [0.1, 0.15) is 0 Å². The van der Waals surface area contributed by atoms with Crippen molar-refractivity contribution in [2.24, 2.45) is 11.8 Å². The molecular formula is C16H29NO2. The van der Waals surface area contributed by atoms with E-state index in [4.69, 9.17) is 0 Å². The van der Waals surface area contributed by atoms with Crippen molar-refractivity contribution in [1.29, 1.82) is 0 Å². The summed E-state index contributed by atoms with van der Waals surface area (Å²) in [7, 11) is 0. The van der Waals surface area contributed by atoms with Gasteiger partial charge in [0, 0.05) is 5.54 Å². The van der Waals surface area contributed by atoms with E-state index in [0.717, 1.165) is 25.4 Å². The van der Waals surface area contributed by atoms with Crippen molar-refractivity contribution in [2.75, 3.05) is 13.1 Å². The van der Waals surface area contributed by atoms with Gasteiger partial charge in [0.2, 0.25) is 0 Å². The van der Waals surface area contributed by atoms with E-state index in [1.54, 1.807) is 0 Å². The zero-order valence-electron chi connectivity index (χ0n) is 12.5. The van der Waals surface area contributed by atoms with Crippen molar-refractivity contribution in [1.82, 2.24) is 4.90 Å². The second-order valence-corrected chi connectivity index (χ2v) is 6.86. The second-order valence-electron chi connectivity index (χ2n) is 6.86. The first-order valence-corrected chi connectivity index (χ1v) is 8.01. The highest BCUT2D eigenvalue weighted by atomic mass is 16.4. The van der Waals surface area contributed by atoms with Gasteiger partial charge in [-0.15, -0.1) is 0 Å². The molecule has 0 aromatic heterocycles. The molecule has 1 aliphatic heterocycles. The van der Waals surface area contributed by atoms with Gasteiger partial charge in [-0.3, -0.25) is 9.69 Å². The highest BCUT2D eigenvalue weighted by molar-refractivity contribution is 5.68. The van der Waals surface area contributed by atoms with Crippen molar-refractivity contribution in [3.05, 3.63) is 0 Å². The fourth-order valence-electron chi connectivity index (χ4n) is 4.31. The Morgan fingerprint density at radius 1 is 1.21 bits per heavy atom. The number of nitrogens with zero attached hydrogens (tertiary/aromatic N) is 1. The van der Waals surface area contributed by atoms with Crippen molar-refractivity contribution in [3.8, 4) is 0 Å². The topological polar surface area (TPSA) is 40.5 Å². The third-order valence-corrected chi connectivity index (χ3v) is 5.44. The lowest BCUT2D eigenvalue weighted by Gasteiger charge is -2.51. The molecule has 2 rings (SSSR count). The summed E-state index contributed by atoms with van der Waals surface area (Å²) in [4.78, 5) is 13.9. The summed E-state index contributed by atoms with van der Waals surface area (Å²) in [5.41, 5.74) is -0.0668.